The molecule has 108 valence electrons. The second-order valence-corrected chi connectivity index (χ2v) is 5.75. The molecule has 0 saturated carbocycles. The van der Waals surface area contributed by atoms with Crippen molar-refractivity contribution < 1.29 is 4.74 Å². The van der Waals surface area contributed by atoms with Gasteiger partial charge in [-0.25, -0.2) is 4.98 Å². The molecule has 5 heteroatoms. The van der Waals surface area contributed by atoms with Crippen LogP contribution in [0.25, 0.3) is 11.0 Å². The Kier molecular flexibility index (Phi) is 4.36. The van der Waals surface area contributed by atoms with Crippen LogP contribution in [0.2, 0.25) is 5.02 Å². The Bertz CT molecular complexity index is 740. The lowest BCUT2D eigenvalue weighted by Gasteiger charge is -2.09. The van der Waals surface area contributed by atoms with E-state index < -0.39 is 0 Å². The van der Waals surface area contributed by atoms with Gasteiger partial charge in [0.05, 0.1) is 17.6 Å². The van der Waals surface area contributed by atoms with Gasteiger partial charge in [0, 0.05) is 5.02 Å². The van der Waals surface area contributed by atoms with Crippen molar-refractivity contribution in [2.45, 2.75) is 11.7 Å². The molecule has 21 heavy (non-hydrogen) atoms. The van der Waals surface area contributed by atoms with E-state index in [-0.39, 0.29) is 0 Å². The first-order valence-corrected chi connectivity index (χ1v) is 8.26. The summed E-state index contributed by atoms with van der Waals surface area (Å²) in [5.74, 6) is 0.828. The van der Waals surface area contributed by atoms with Crippen LogP contribution >= 0.6 is 23.4 Å². The Morgan fingerprint density at radius 3 is 2.67 bits per heavy atom. The summed E-state index contributed by atoms with van der Waals surface area (Å²) < 4.78 is 7.96. The van der Waals surface area contributed by atoms with Crippen LogP contribution in [-0.2, 0) is 6.54 Å². The zero-order chi connectivity index (χ0) is 14.7. The molecule has 0 atom stereocenters. The summed E-state index contributed by atoms with van der Waals surface area (Å²) in [5.41, 5.74) is 2.16. The van der Waals surface area contributed by atoms with Gasteiger partial charge < -0.3 is 9.30 Å². The molecule has 0 unspecified atom stereocenters. The highest BCUT2D eigenvalue weighted by Gasteiger charge is 2.09. The normalized spacial score (nSPS) is 11.0. The summed E-state index contributed by atoms with van der Waals surface area (Å²) in [4.78, 5) is 4.62. The predicted molar refractivity (Wildman–Crippen MR) is 88.5 cm³/mol. The first-order valence-electron chi connectivity index (χ1n) is 6.65. The number of nitrogens with zero attached hydrogens (tertiary/aromatic N) is 2. The van der Waals surface area contributed by atoms with Crippen LogP contribution in [0.5, 0.6) is 5.75 Å². The number of hydrogen-bond acceptors (Lipinski definition) is 3. The largest absolute Gasteiger partial charge is 0.492 e. The van der Waals surface area contributed by atoms with Crippen molar-refractivity contribution in [3.05, 3.63) is 53.6 Å². The van der Waals surface area contributed by atoms with Gasteiger partial charge in [-0.05, 0) is 42.7 Å². The first kappa shape index (κ1) is 14.3. The topological polar surface area (TPSA) is 27.1 Å². The fourth-order valence-electron chi connectivity index (χ4n) is 2.21. The minimum Gasteiger partial charge on any atom is -0.492 e. The SMILES string of the molecule is CSc1nc2ccccc2n1CCOc1ccc(Cl)cc1. The van der Waals surface area contributed by atoms with E-state index in [1.165, 1.54) is 0 Å². The number of imidazole rings is 1. The molecular weight excluding hydrogens is 304 g/mol. The van der Waals surface area contributed by atoms with Crippen LogP contribution in [0.4, 0.5) is 0 Å². The molecule has 3 nitrogen and oxygen atoms in total. The molecule has 1 heterocycles. The van der Waals surface area contributed by atoms with E-state index in [0.717, 1.165) is 28.5 Å². The Labute approximate surface area is 132 Å². The highest BCUT2D eigenvalue weighted by Crippen LogP contribution is 2.22. The summed E-state index contributed by atoms with van der Waals surface area (Å²) >= 11 is 7.51. The molecule has 1 aromatic heterocycles. The van der Waals surface area contributed by atoms with Gasteiger partial charge in [-0.2, -0.15) is 0 Å². The number of aromatic nitrogens is 2. The molecule has 3 rings (SSSR count). The van der Waals surface area contributed by atoms with E-state index in [1.807, 2.05) is 48.7 Å². The van der Waals surface area contributed by atoms with Crippen molar-refractivity contribution in [1.82, 2.24) is 9.55 Å². The van der Waals surface area contributed by atoms with Gasteiger partial charge in [0.15, 0.2) is 5.16 Å². The Morgan fingerprint density at radius 2 is 1.90 bits per heavy atom. The van der Waals surface area contributed by atoms with Gasteiger partial charge in [-0.15, -0.1) is 0 Å². The van der Waals surface area contributed by atoms with Crippen LogP contribution in [0.15, 0.2) is 53.7 Å². The molecule has 0 aliphatic carbocycles. The van der Waals surface area contributed by atoms with Crippen molar-refractivity contribution >= 4 is 34.4 Å². The highest BCUT2D eigenvalue weighted by atomic mass is 35.5. The number of halogens is 1. The van der Waals surface area contributed by atoms with Crippen molar-refractivity contribution in [1.29, 1.82) is 0 Å². The van der Waals surface area contributed by atoms with Crippen molar-refractivity contribution in [3.8, 4) is 5.75 Å². The highest BCUT2D eigenvalue weighted by molar-refractivity contribution is 7.98. The molecule has 0 saturated heterocycles. The first-order chi connectivity index (χ1) is 10.3. The van der Waals surface area contributed by atoms with E-state index in [1.54, 1.807) is 11.8 Å². The average molecular weight is 319 g/mol. The molecule has 0 radical (unpaired) electrons. The third-order valence-electron chi connectivity index (χ3n) is 3.20. The zero-order valence-electron chi connectivity index (χ0n) is 11.6. The van der Waals surface area contributed by atoms with Gasteiger partial charge in [-0.1, -0.05) is 35.5 Å². The number of fused-ring (bicyclic) bond motifs is 1. The maximum atomic E-state index is 5.86. The molecule has 0 N–H and O–H groups in total. The minimum atomic E-state index is 0.593. The monoisotopic (exact) mass is 318 g/mol. The lowest BCUT2D eigenvalue weighted by Crippen LogP contribution is -2.09. The summed E-state index contributed by atoms with van der Waals surface area (Å²) in [7, 11) is 0. The zero-order valence-corrected chi connectivity index (χ0v) is 13.2. The lowest BCUT2D eigenvalue weighted by molar-refractivity contribution is 0.295. The maximum Gasteiger partial charge on any atom is 0.168 e. The third kappa shape index (κ3) is 3.17. The number of para-hydroxylation sites is 2. The number of hydrogen-bond donors (Lipinski definition) is 0. The quantitative estimate of drug-likeness (QED) is 0.648. The van der Waals surface area contributed by atoms with E-state index in [4.69, 9.17) is 16.3 Å². The fraction of sp³-hybridized carbons (Fsp3) is 0.188. The van der Waals surface area contributed by atoms with E-state index >= 15 is 0 Å². The van der Waals surface area contributed by atoms with E-state index in [0.29, 0.717) is 11.6 Å². The van der Waals surface area contributed by atoms with Gasteiger partial charge in [0.1, 0.15) is 12.4 Å². The van der Waals surface area contributed by atoms with Crippen LogP contribution in [-0.4, -0.2) is 22.4 Å². The van der Waals surface area contributed by atoms with Crippen molar-refractivity contribution in [2.24, 2.45) is 0 Å². The van der Waals surface area contributed by atoms with E-state index in [9.17, 15) is 0 Å². The van der Waals surface area contributed by atoms with Gasteiger partial charge in [0.2, 0.25) is 0 Å². The Hall–Kier alpha value is -1.65. The molecule has 0 amide bonds. The molecule has 0 bridgehead atoms. The molecule has 0 fully saturated rings. The number of rotatable bonds is 5. The fourth-order valence-corrected chi connectivity index (χ4v) is 2.94. The number of thioether (sulfide) groups is 1. The van der Waals surface area contributed by atoms with Crippen molar-refractivity contribution in [2.75, 3.05) is 12.9 Å². The molecule has 0 aliphatic rings. The van der Waals surface area contributed by atoms with Crippen LogP contribution in [0.3, 0.4) is 0 Å². The van der Waals surface area contributed by atoms with Crippen LogP contribution in [0.1, 0.15) is 0 Å². The molecular formula is C16H15ClN2OS. The standard InChI is InChI=1S/C16H15ClN2OS/c1-21-16-18-14-4-2-3-5-15(14)19(16)10-11-20-13-8-6-12(17)7-9-13/h2-9H,10-11H2,1H3. The predicted octanol–water partition coefficient (Wildman–Crippen LogP) is 4.49. The smallest absolute Gasteiger partial charge is 0.168 e. The van der Waals surface area contributed by atoms with Crippen molar-refractivity contribution in [3.63, 3.8) is 0 Å². The summed E-state index contributed by atoms with van der Waals surface area (Å²) in [6, 6.07) is 15.6. The summed E-state index contributed by atoms with van der Waals surface area (Å²) in [6.07, 6.45) is 2.04. The molecule has 0 spiro atoms. The van der Waals surface area contributed by atoms with E-state index in [2.05, 4.69) is 15.6 Å². The minimum absolute atomic E-state index is 0.593. The Morgan fingerprint density at radius 1 is 1.14 bits per heavy atom. The van der Waals surface area contributed by atoms with Crippen LogP contribution in [0, 0.1) is 0 Å². The summed E-state index contributed by atoms with van der Waals surface area (Å²) in [5, 5.41) is 1.73. The maximum absolute atomic E-state index is 5.86. The van der Waals surface area contributed by atoms with Gasteiger partial charge in [-0.3, -0.25) is 0 Å². The summed E-state index contributed by atoms with van der Waals surface area (Å²) in [6.45, 7) is 1.36. The lowest BCUT2D eigenvalue weighted by atomic mass is 10.3. The molecule has 0 aliphatic heterocycles. The average Bonchev–Trinajstić information content (AvgIpc) is 2.87. The van der Waals surface area contributed by atoms with Gasteiger partial charge >= 0.3 is 0 Å². The molecule has 3 aromatic rings. The molecule has 2 aromatic carbocycles. The van der Waals surface area contributed by atoms with Gasteiger partial charge in [0.25, 0.3) is 0 Å². The van der Waals surface area contributed by atoms with Crippen LogP contribution < -0.4 is 4.74 Å². The number of benzene rings is 2. The second kappa shape index (κ2) is 6.41. The Balaban J connectivity index is 1.74. The number of ether oxygens (including phenoxy) is 1. The third-order valence-corrected chi connectivity index (χ3v) is 4.13. The second-order valence-electron chi connectivity index (χ2n) is 4.54.